The first-order valence-electron chi connectivity index (χ1n) is 6.04. The van der Waals surface area contributed by atoms with Gasteiger partial charge in [-0.25, -0.2) is 0 Å². The Morgan fingerprint density at radius 2 is 2.07 bits per heavy atom. The molecule has 1 aliphatic rings. The average Bonchev–Trinajstić information content (AvgIpc) is 2.12. The van der Waals surface area contributed by atoms with Crippen LogP contribution in [0.1, 0.15) is 47.0 Å². The lowest BCUT2D eigenvalue weighted by atomic mass is 10.1. The van der Waals surface area contributed by atoms with Gasteiger partial charge in [0.2, 0.25) is 0 Å². The zero-order valence-corrected chi connectivity index (χ0v) is 10.4. The Labute approximate surface area is 93.1 Å². The van der Waals surface area contributed by atoms with E-state index in [4.69, 9.17) is 14.2 Å². The van der Waals surface area contributed by atoms with Gasteiger partial charge in [-0.05, 0) is 33.6 Å². The van der Waals surface area contributed by atoms with Gasteiger partial charge >= 0.3 is 0 Å². The second-order valence-corrected chi connectivity index (χ2v) is 4.53. The van der Waals surface area contributed by atoms with Crippen molar-refractivity contribution in [2.45, 2.75) is 71.6 Å². The van der Waals surface area contributed by atoms with Gasteiger partial charge in [-0.1, -0.05) is 6.92 Å². The molecule has 0 aromatic heterocycles. The van der Waals surface area contributed by atoms with Gasteiger partial charge in [-0.2, -0.15) is 0 Å². The van der Waals surface area contributed by atoms with E-state index in [2.05, 4.69) is 13.8 Å². The molecule has 0 aromatic rings. The predicted octanol–water partition coefficient (Wildman–Crippen LogP) is 2.73. The molecule has 1 rings (SSSR count). The van der Waals surface area contributed by atoms with Crippen molar-refractivity contribution in [3.63, 3.8) is 0 Å². The molecule has 1 saturated heterocycles. The Morgan fingerprint density at radius 3 is 2.67 bits per heavy atom. The largest absolute Gasteiger partial charge is 0.378 e. The van der Waals surface area contributed by atoms with Crippen LogP contribution in [0.25, 0.3) is 0 Å². The van der Waals surface area contributed by atoms with Crippen molar-refractivity contribution >= 4 is 0 Å². The Balaban J connectivity index is 2.34. The fourth-order valence-electron chi connectivity index (χ4n) is 1.86. The first-order chi connectivity index (χ1) is 7.11. The summed E-state index contributed by atoms with van der Waals surface area (Å²) in [5.41, 5.74) is 0. The third-order valence-electron chi connectivity index (χ3n) is 2.42. The summed E-state index contributed by atoms with van der Waals surface area (Å²) >= 11 is 0. The fraction of sp³-hybridized carbons (Fsp3) is 1.00. The summed E-state index contributed by atoms with van der Waals surface area (Å²) < 4.78 is 17.1. The van der Waals surface area contributed by atoms with Gasteiger partial charge in [0, 0.05) is 13.0 Å². The van der Waals surface area contributed by atoms with Crippen molar-refractivity contribution in [2.24, 2.45) is 0 Å². The Bertz CT molecular complexity index is 168. The standard InChI is InChI=1S/C12H24O3/c1-5-6-13-11-7-10(4)15-12(8-11)14-9(2)3/h9-12H,5-8H2,1-4H3/t10-,11+,12-/m0/s1. The van der Waals surface area contributed by atoms with Gasteiger partial charge in [-0.3, -0.25) is 0 Å². The molecule has 1 fully saturated rings. The molecule has 3 heteroatoms. The lowest BCUT2D eigenvalue weighted by Gasteiger charge is -2.34. The third kappa shape index (κ3) is 4.96. The summed E-state index contributed by atoms with van der Waals surface area (Å²) in [6, 6.07) is 0. The molecule has 0 spiro atoms. The molecule has 1 aliphatic heterocycles. The highest BCUT2D eigenvalue weighted by atomic mass is 16.7. The average molecular weight is 216 g/mol. The molecule has 0 N–H and O–H groups in total. The molecule has 0 radical (unpaired) electrons. The van der Waals surface area contributed by atoms with E-state index in [1.54, 1.807) is 0 Å². The zero-order valence-electron chi connectivity index (χ0n) is 10.4. The zero-order chi connectivity index (χ0) is 11.3. The van der Waals surface area contributed by atoms with Crippen LogP contribution in [0.5, 0.6) is 0 Å². The van der Waals surface area contributed by atoms with Crippen LogP contribution in [0.15, 0.2) is 0 Å². The molecule has 0 aliphatic carbocycles. The van der Waals surface area contributed by atoms with Gasteiger partial charge in [0.05, 0.1) is 18.3 Å². The minimum atomic E-state index is -0.0874. The number of rotatable bonds is 5. The van der Waals surface area contributed by atoms with E-state index in [-0.39, 0.29) is 18.5 Å². The van der Waals surface area contributed by atoms with E-state index in [0.717, 1.165) is 25.9 Å². The lowest BCUT2D eigenvalue weighted by molar-refractivity contribution is -0.229. The molecule has 15 heavy (non-hydrogen) atoms. The fourth-order valence-corrected chi connectivity index (χ4v) is 1.86. The van der Waals surface area contributed by atoms with Crippen LogP contribution in [-0.4, -0.2) is 31.2 Å². The smallest absolute Gasteiger partial charge is 0.160 e. The molecule has 3 nitrogen and oxygen atoms in total. The number of hydrogen-bond donors (Lipinski definition) is 0. The molecular formula is C12H24O3. The van der Waals surface area contributed by atoms with E-state index >= 15 is 0 Å². The first kappa shape index (κ1) is 12.9. The molecule has 3 atom stereocenters. The highest BCUT2D eigenvalue weighted by molar-refractivity contribution is 4.72. The molecular weight excluding hydrogens is 192 g/mol. The summed E-state index contributed by atoms with van der Waals surface area (Å²) in [6.07, 6.45) is 3.59. The maximum Gasteiger partial charge on any atom is 0.160 e. The van der Waals surface area contributed by atoms with Crippen molar-refractivity contribution in [1.29, 1.82) is 0 Å². The Kier molecular flexibility index (Phi) is 5.58. The molecule has 90 valence electrons. The molecule has 0 unspecified atom stereocenters. The van der Waals surface area contributed by atoms with Crippen molar-refractivity contribution in [1.82, 2.24) is 0 Å². The molecule has 1 heterocycles. The quantitative estimate of drug-likeness (QED) is 0.707. The van der Waals surface area contributed by atoms with Crippen molar-refractivity contribution in [2.75, 3.05) is 6.61 Å². The second-order valence-electron chi connectivity index (χ2n) is 4.53. The molecule has 0 amide bonds. The minimum absolute atomic E-state index is 0.0874. The van der Waals surface area contributed by atoms with Crippen LogP contribution in [0.3, 0.4) is 0 Å². The predicted molar refractivity (Wildman–Crippen MR) is 59.8 cm³/mol. The minimum Gasteiger partial charge on any atom is -0.378 e. The highest BCUT2D eigenvalue weighted by Crippen LogP contribution is 2.23. The van der Waals surface area contributed by atoms with E-state index in [1.807, 2.05) is 13.8 Å². The van der Waals surface area contributed by atoms with Gasteiger partial charge in [0.1, 0.15) is 0 Å². The van der Waals surface area contributed by atoms with Crippen LogP contribution in [0.4, 0.5) is 0 Å². The summed E-state index contributed by atoms with van der Waals surface area (Å²) in [5, 5.41) is 0. The van der Waals surface area contributed by atoms with E-state index in [1.165, 1.54) is 0 Å². The van der Waals surface area contributed by atoms with E-state index < -0.39 is 0 Å². The summed E-state index contributed by atoms with van der Waals surface area (Å²) in [5.74, 6) is 0. The second kappa shape index (κ2) is 6.46. The maximum atomic E-state index is 5.75. The van der Waals surface area contributed by atoms with Gasteiger partial charge in [0.15, 0.2) is 6.29 Å². The topological polar surface area (TPSA) is 27.7 Å². The Morgan fingerprint density at radius 1 is 1.33 bits per heavy atom. The monoisotopic (exact) mass is 216 g/mol. The SMILES string of the molecule is CCCO[C@H]1C[C@@H](OC(C)C)O[C@@H](C)C1. The normalized spacial score (nSPS) is 32.2. The van der Waals surface area contributed by atoms with Crippen molar-refractivity contribution < 1.29 is 14.2 Å². The molecule has 0 saturated carbocycles. The highest BCUT2D eigenvalue weighted by Gasteiger charge is 2.28. The first-order valence-corrected chi connectivity index (χ1v) is 6.04. The van der Waals surface area contributed by atoms with Crippen LogP contribution >= 0.6 is 0 Å². The van der Waals surface area contributed by atoms with Crippen LogP contribution in [0.2, 0.25) is 0 Å². The van der Waals surface area contributed by atoms with Crippen LogP contribution in [-0.2, 0) is 14.2 Å². The molecule has 0 aromatic carbocycles. The van der Waals surface area contributed by atoms with E-state index in [9.17, 15) is 0 Å². The van der Waals surface area contributed by atoms with Gasteiger partial charge in [-0.15, -0.1) is 0 Å². The van der Waals surface area contributed by atoms with Crippen LogP contribution in [0, 0.1) is 0 Å². The van der Waals surface area contributed by atoms with Gasteiger partial charge in [0.25, 0.3) is 0 Å². The summed E-state index contributed by atoms with van der Waals surface area (Å²) in [4.78, 5) is 0. The maximum absolute atomic E-state index is 5.75. The van der Waals surface area contributed by atoms with Gasteiger partial charge < -0.3 is 14.2 Å². The van der Waals surface area contributed by atoms with Crippen LogP contribution < -0.4 is 0 Å². The van der Waals surface area contributed by atoms with Crippen molar-refractivity contribution in [3.8, 4) is 0 Å². The molecule has 0 bridgehead atoms. The van der Waals surface area contributed by atoms with Crippen molar-refractivity contribution in [3.05, 3.63) is 0 Å². The lowest BCUT2D eigenvalue weighted by Crippen LogP contribution is -2.38. The summed E-state index contributed by atoms with van der Waals surface area (Å²) in [6.45, 7) is 9.11. The summed E-state index contributed by atoms with van der Waals surface area (Å²) in [7, 11) is 0. The Hall–Kier alpha value is -0.120. The van der Waals surface area contributed by atoms with E-state index in [0.29, 0.717) is 6.10 Å². The third-order valence-corrected chi connectivity index (χ3v) is 2.42. The number of hydrogen-bond acceptors (Lipinski definition) is 3. The number of ether oxygens (including phenoxy) is 3.